The first-order chi connectivity index (χ1) is 10.3. The number of nitrogens with zero attached hydrogens (tertiary/aromatic N) is 4. The van der Waals surface area contributed by atoms with Crippen molar-refractivity contribution in [1.29, 1.82) is 0 Å². The van der Waals surface area contributed by atoms with Crippen molar-refractivity contribution in [2.24, 2.45) is 0 Å². The molecule has 0 atom stereocenters. The fourth-order valence-corrected chi connectivity index (χ4v) is 1.84. The third kappa shape index (κ3) is 2.54. The van der Waals surface area contributed by atoms with Crippen molar-refractivity contribution in [3.63, 3.8) is 0 Å². The number of amides is 1. The molecule has 0 radical (unpaired) electrons. The molecule has 2 aromatic heterocycles. The molecule has 3 rings (SSSR count). The molecule has 4 N–H and O–H groups in total. The Balaban J connectivity index is 1.93. The van der Waals surface area contributed by atoms with Crippen LogP contribution in [-0.4, -0.2) is 31.1 Å². The van der Waals surface area contributed by atoms with Crippen LogP contribution >= 0.6 is 0 Å². The van der Waals surface area contributed by atoms with Gasteiger partial charge in [-0.1, -0.05) is 12.1 Å². The number of nitrogens with two attached hydrogens (primary N) is 1. The third-order valence-corrected chi connectivity index (χ3v) is 2.79. The number of hydrogen-bond donors (Lipinski definition) is 3. The Bertz CT molecular complexity index is 770. The van der Waals surface area contributed by atoms with Gasteiger partial charge in [0.2, 0.25) is 0 Å². The van der Waals surface area contributed by atoms with E-state index in [0.717, 1.165) is 0 Å². The molecule has 0 bridgehead atoms. The van der Waals surface area contributed by atoms with E-state index in [1.165, 1.54) is 18.7 Å². The van der Waals surface area contributed by atoms with E-state index in [4.69, 9.17) is 5.73 Å². The van der Waals surface area contributed by atoms with E-state index in [1.807, 2.05) is 12.1 Å². The minimum absolute atomic E-state index is 0.0740. The summed E-state index contributed by atoms with van der Waals surface area (Å²) in [5.41, 5.74) is 7.01. The van der Waals surface area contributed by atoms with Crippen LogP contribution in [0.5, 0.6) is 0 Å². The van der Waals surface area contributed by atoms with Gasteiger partial charge in [-0.15, -0.1) is 0 Å². The molecule has 2 heterocycles. The lowest BCUT2D eigenvalue weighted by Gasteiger charge is -2.09. The first-order valence-electron chi connectivity index (χ1n) is 6.08. The van der Waals surface area contributed by atoms with Crippen LogP contribution in [0.25, 0.3) is 11.4 Å². The first kappa shape index (κ1) is 12.7. The molecular formula is C13H11N7O. The Hall–Kier alpha value is -3.29. The summed E-state index contributed by atoms with van der Waals surface area (Å²) in [5.74, 6) is 0.192. The minimum atomic E-state index is -0.437. The van der Waals surface area contributed by atoms with E-state index in [1.54, 1.807) is 12.1 Å². The highest BCUT2D eigenvalue weighted by Crippen LogP contribution is 2.24. The van der Waals surface area contributed by atoms with Crippen LogP contribution < -0.4 is 11.1 Å². The Morgan fingerprint density at radius 3 is 2.71 bits per heavy atom. The van der Waals surface area contributed by atoms with E-state index < -0.39 is 5.91 Å². The van der Waals surface area contributed by atoms with Gasteiger partial charge in [0.25, 0.3) is 5.91 Å². The van der Waals surface area contributed by atoms with Crippen LogP contribution in [0.15, 0.2) is 43.0 Å². The lowest BCUT2D eigenvalue weighted by Crippen LogP contribution is -2.17. The van der Waals surface area contributed by atoms with Crippen LogP contribution in [0.2, 0.25) is 0 Å². The number of aromatic amines is 1. The van der Waals surface area contributed by atoms with Crippen molar-refractivity contribution in [1.82, 2.24) is 25.1 Å². The fraction of sp³-hybridized carbons (Fsp3) is 0. The van der Waals surface area contributed by atoms with Gasteiger partial charge < -0.3 is 11.1 Å². The van der Waals surface area contributed by atoms with Crippen molar-refractivity contribution in [3.05, 3.63) is 48.7 Å². The van der Waals surface area contributed by atoms with Gasteiger partial charge in [-0.05, 0) is 12.1 Å². The Morgan fingerprint density at radius 1 is 1.14 bits per heavy atom. The van der Waals surface area contributed by atoms with Gasteiger partial charge >= 0.3 is 0 Å². The molecule has 0 saturated carbocycles. The van der Waals surface area contributed by atoms with E-state index in [9.17, 15) is 4.79 Å². The SMILES string of the molecule is Nc1nccnc1C(=O)Nc1ccccc1-c1ncn[nH]1. The Labute approximate surface area is 119 Å². The molecule has 0 unspecified atom stereocenters. The van der Waals surface area contributed by atoms with Crippen LogP contribution in [0.1, 0.15) is 10.5 Å². The Morgan fingerprint density at radius 2 is 1.95 bits per heavy atom. The monoisotopic (exact) mass is 281 g/mol. The average molecular weight is 281 g/mol. The van der Waals surface area contributed by atoms with Crippen LogP contribution in [0.3, 0.4) is 0 Å². The number of hydrogen-bond acceptors (Lipinski definition) is 6. The van der Waals surface area contributed by atoms with Gasteiger partial charge in [-0.3, -0.25) is 9.89 Å². The molecule has 8 nitrogen and oxygen atoms in total. The standard InChI is InChI=1S/C13H11N7O/c14-11-10(15-5-6-16-11)13(21)19-9-4-2-1-3-8(9)12-17-7-18-20-12/h1-7H,(H2,14,16)(H,19,21)(H,17,18,20). The molecule has 0 fully saturated rings. The second-order valence-electron chi connectivity index (χ2n) is 4.12. The topological polar surface area (TPSA) is 122 Å². The van der Waals surface area contributed by atoms with Crippen molar-refractivity contribution in [2.45, 2.75) is 0 Å². The van der Waals surface area contributed by atoms with Gasteiger partial charge in [-0.25, -0.2) is 15.0 Å². The maximum atomic E-state index is 12.2. The van der Waals surface area contributed by atoms with Gasteiger partial charge in [0.1, 0.15) is 6.33 Å². The molecule has 104 valence electrons. The Kier molecular flexibility index (Phi) is 3.26. The number of nitrogens with one attached hydrogen (secondary N) is 2. The third-order valence-electron chi connectivity index (χ3n) is 2.79. The van der Waals surface area contributed by atoms with E-state index >= 15 is 0 Å². The summed E-state index contributed by atoms with van der Waals surface area (Å²) in [6, 6.07) is 7.21. The van der Waals surface area contributed by atoms with Crippen LogP contribution in [0.4, 0.5) is 11.5 Å². The molecular weight excluding hydrogens is 270 g/mol. The normalized spacial score (nSPS) is 10.3. The second-order valence-corrected chi connectivity index (χ2v) is 4.12. The zero-order valence-corrected chi connectivity index (χ0v) is 10.8. The summed E-state index contributed by atoms with van der Waals surface area (Å²) >= 11 is 0. The molecule has 0 saturated heterocycles. The van der Waals surface area contributed by atoms with Gasteiger partial charge in [-0.2, -0.15) is 5.10 Å². The molecule has 0 aliphatic carbocycles. The van der Waals surface area contributed by atoms with Crippen LogP contribution in [-0.2, 0) is 0 Å². The quantitative estimate of drug-likeness (QED) is 0.660. The predicted octanol–water partition coefficient (Wildman–Crippen LogP) is 1.10. The molecule has 0 aliphatic heterocycles. The van der Waals surface area contributed by atoms with Crippen molar-refractivity contribution >= 4 is 17.4 Å². The van der Waals surface area contributed by atoms with Crippen molar-refractivity contribution in [3.8, 4) is 11.4 Å². The summed E-state index contributed by atoms with van der Waals surface area (Å²) in [4.78, 5) is 24.1. The van der Waals surface area contributed by atoms with Crippen LogP contribution in [0, 0.1) is 0 Å². The predicted molar refractivity (Wildman–Crippen MR) is 76.2 cm³/mol. The zero-order chi connectivity index (χ0) is 14.7. The maximum Gasteiger partial charge on any atom is 0.278 e. The molecule has 21 heavy (non-hydrogen) atoms. The molecule has 8 heteroatoms. The number of anilines is 2. The number of carbonyl (C=O) groups excluding carboxylic acids is 1. The van der Waals surface area contributed by atoms with E-state index in [-0.39, 0.29) is 11.5 Å². The number of aromatic nitrogens is 5. The summed E-state index contributed by atoms with van der Waals surface area (Å²) in [7, 11) is 0. The van der Waals surface area contributed by atoms with Gasteiger partial charge in [0.15, 0.2) is 17.3 Å². The van der Waals surface area contributed by atoms with E-state index in [0.29, 0.717) is 17.1 Å². The summed E-state index contributed by atoms with van der Waals surface area (Å²) < 4.78 is 0. The summed E-state index contributed by atoms with van der Waals surface area (Å²) in [6.07, 6.45) is 4.23. The zero-order valence-electron chi connectivity index (χ0n) is 10.8. The number of para-hydroxylation sites is 1. The molecule has 0 aliphatic rings. The largest absolute Gasteiger partial charge is 0.382 e. The highest BCUT2D eigenvalue weighted by Gasteiger charge is 2.15. The van der Waals surface area contributed by atoms with Gasteiger partial charge in [0.05, 0.1) is 5.69 Å². The van der Waals surface area contributed by atoms with Crippen molar-refractivity contribution in [2.75, 3.05) is 11.1 Å². The molecule has 3 aromatic rings. The maximum absolute atomic E-state index is 12.2. The average Bonchev–Trinajstić information content (AvgIpc) is 3.02. The molecule has 1 aromatic carbocycles. The summed E-state index contributed by atoms with van der Waals surface area (Å²) in [5, 5.41) is 9.30. The number of rotatable bonds is 3. The lowest BCUT2D eigenvalue weighted by atomic mass is 10.1. The second kappa shape index (κ2) is 5.37. The first-order valence-corrected chi connectivity index (χ1v) is 6.08. The number of benzene rings is 1. The number of carbonyl (C=O) groups is 1. The number of H-pyrrole nitrogens is 1. The summed E-state index contributed by atoms with van der Waals surface area (Å²) in [6.45, 7) is 0. The smallest absolute Gasteiger partial charge is 0.278 e. The van der Waals surface area contributed by atoms with E-state index in [2.05, 4.69) is 30.5 Å². The molecule has 0 spiro atoms. The molecule has 1 amide bonds. The van der Waals surface area contributed by atoms with Gasteiger partial charge in [0, 0.05) is 18.0 Å². The minimum Gasteiger partial charge on any atom is -0.382 e. The lowest BCUT2D eigenvalue weighted by molar-refractivity contribution is 0.102. The highest BCUT2D eigenvalue weighted by molar-refractivity contribution is 6.07. The van der Waals surface area contributed by atoms with Crippen molar-refractivity contribution < 1.29 is 4.79 Å². The highest BCUT2D eigenvalue weighted by atomic mass is 16.1. The number of nitrogen functional groups attached to an aromatic ring is 1. The fourth-order valence-electron chi connectivity index (χ4n) is 1.84.